The Bertz CT molecular complexity index is 979. The molecule has 11 heteroatoms. The average molecular weight is 364 g/mol. The Balaban J connectivity index is 2.09. The number of amides is 1. The summed E-state index contributed by atoms with van der Waals surface area (Å²) in [6.45, 7) is 1.68. The Morgan fingerprint density at radius 3 is 2.80 bits per heavy atom. The highest BCUT2D eigenvalue weighted by molar-refractivity contribution is 7.91. The third-order valence-electron chi connectivity index (χ3n) is 3.95. The van der Waals surface area contributed by atoms with E-state index in [1.54, 1.807) is 14.0 Å². The summed E-state index contributed by atoms with van der Waals surface area (Å²) in [5.41, 5.74) is 1.73. The number of aryl methyl sites for hydroxylation is 1. The number of hydrogen-bond acceptors (Lipinski definition) is 8. The Morgan fingerprint density at radius 2 is 2.16 bits per heavy atom. The molecule has 1 amide bonds. The summed E-state index contributed by atoms with van der Waals surface area (Å²) >= 11 is 0. The van der Waals surface area contributed by atoms with Crippen LogP contribution in [0.25, 0.3) is 0 Å². The lowest BCUT2D eigenvalue weighted by atomic mass is 9.96. The minimum atomic E-state index is -3.42. The number of benzene rings is 1. The number of tetrazole rings is 1. The van der Waals surface area contributed by atoms with Crippen molar-refractivity contribution >= 4 is 27.4 Å². The molecule has 0 aliphatic carbocycles. The second-order valence-corrected chi connectivity index (χ2v) is 7.56. The van der Waals surface area contributed by atoms with Gasteiger partial charge in [-0.2, -0.15) is 0 Å². The molecule has 1 aromatic carbocycles. The van der Waals surface area contributed by atoms with E-state index in [4.69, 9.17) is 4.84 Å². The van der Waals surface area contributed by atoms with E-state index in [1.807, 2.05) is 0 Å². The molecule has 0 fully saturated rings. The molecule has 0 atom stereocenters. The summed E-state index contributed by atoms with van der Waals surface area (Å²) in [4.78, 5) is 17.5. The van der Waals surface area contributed by atoms with E-state index >= 15 is 0 Å². The first kappa shape index (κ1) is 17.0. The molecule has 2 aromatic rings. The molecule has 0 saturated heterocycles. The minimum Gasteiger partial charge on any atom is -0.399 e. The van der Waals surface area contributed by atoms with E-state index < -0.39 is 15.7 Å². The third-order valence-corrected chi connectivity index (χ3v) is 5.70. The average Bonchev–Trinajstić information content (AvgIpc) is 2.95. The molecule has 1 aliphatic heterocycles. The quantitative estimate of drug-likeness (QED) is 0.776. The van der Waals surface area contributed by atoms with Crippen LogP contribution in [0.3, 0.4) is 0 Å². The zero-order valence-corrected chi connectivity index (χ0v) is 14.7. The number of anilines is 1. The Labute approximate surface area is 143 Å². The first-order chi connectivity index (χ1) is 11.8. The maximum absolute atomic E-state index is 12.6. The van der Waals surface area contributed by atoms with Crippen molar-refractivity contribution in [1.29, 1.82) is 0 Å². The highest BCUT2D eigenvalue weighted by atomic mass is 32.2. The molecule has 1 N–H and O–H groups in total. The number of fused-ring (bicyclic) bond motifs is 1. The second-order valence-electron chi connectivity index (χ2n) is 5.48. The van der Waals surface area contributed by atoms with E-state index in [2.05, 4.69) is 26.0 Å². The predicted octanol–water partition coefficient (Wildman–Crippen LogP) is 0.299. The number of oxime groups is 1. The molecule has 0 spiro atoms. The number of rotatable bonds is 3. The van der Waals surface area contributed by atoms with Gasteiger partial charge in [-0.25, -0.2) is 13.1 Å². The smallest absolute Gasteiger partial charge is 0.258 e. The molecule has 132 valence electrons. The van der Waals surface area contributed by atoms with Crippen LogP contribution in [-0.2, 0) is 21.7 Å². The molecule has 3 rings (SSSR count). The maximum atomic E-state index is 12.6. The lowest BCUT2D eigenvalue weighted by Crippen LogP contribution is -2.25. The molecular weight excluding hydrogens is 348 g/mol. The van der Waals surface area contributed by atoms with Crippen molar-refractivity contribution in [2.45, 2.75) is 18.2 Å². The molecule has 0 radical (unpaired) electrons. The monoisotopic (exact) mass is 364 g/mol. The summed E-state index contributed by atoms with van der Waals surface area (Å²) in [5.74, 6) is -0.309. The zero-order chi connectivity index (χ0) is 18.2. The van der Waals surface area contributed by atoms with E-state index in [0.29, 0.717) is 22.4 Å². The number of carbonyl (C=O) groups is 1. The molecule has 25 heavy (non-hydrogen) atoms. The SMILES string of the molecule is CO/N=C1\CCS(=O)(=O)c2ccc(C(=O)Nc3nnnn3C)c(C)c21. The van der Waals surface area contributed by atoms with Gasteiger partial charge >= 0.3 is 0 Å². The molecule has 10 nitrogen and oxygen atoms in total. The number of hydrogen-bond donors (Lipinski definition) is 1. The number of aromatic nitrogens is 4. The normalized spacial score (nSPS) is 17.2. The van der Waals surface area contributed by atoms with Gasteiger partial charge in [0.2, 0.25) is 5.95 Å². The first-order valence-electron chi connectivity index (χ1n) is 7.35. The van der Waals surface area contributed by atoms with Crippen molar-refractivity contribution in [2.75, 3.05) is 18.2 Å². The lowest BCUT2D eigenvalue weighted by molar-refractivity contribution is 0.102. The Kier molecular flexibility index (Phi) is 4.25. The van der Waals surface area contributed by atoms with Crippen LogP contribution in [-0.4, -0.2) is 53.1 Å². The summed E-state index contributed by atoms with van der Waals surface area (Å²) in [7, 11) is -0.439. The van der Waals surface area contributed by atoms with Gasteiger partial charge in [-0.15, -0.1) is 0 Å². The highest BCUT2D eigenvalue weighted by Gasteiger charge is 2.31. The predicted molar refractivity (Wildman–Crippen MR) is 88.1 cm³/mol. The molecule has 1 aromatic heterocycles. The standard InChI is InChI=1S/C14H16N6O4S/c1-8-9(13(21)15-14-16-18-19-20(14)2)4-5-11-12(8)10(17-24-3)6-7-25(11,22)23/h4-5H,6-7H2,1-3H3,(H,15,16,19,21)/b17-10+. The van der Waals surface area contributed by atoms with Gasteiger partial charge in [-0.1, -0.05) is 10.3 Å². The van der Waals surface area contributed by atoms with Crippen LogP contribution in [0.5, 0.6) is 0 Å². The minimum absolute atomic E-state index is 0.0439. The zero-order valence-electron chi connectivity index (χ0n) is 13.8. The fourth-order valence-corrected chi connectivity index (χ4v) is 4.26. The van der Waals surface area contributed by atoms with Gasteiger partial charge in [0.15, 0.2) is 9.84 Å². The fourth-order valence-electron chi connectivity index (χ4n) is 2.72. The van der Waals surface area contributed by atoms with E-state index in [9.17, 15) is 13.2 Å². The summed E-state index contributed by atoms with van der Waals surface area (Å²) in [6.07, 6.45) is 0.224. The van der Waals surface area contributed by atoms with Crippen LogP contribution in [0.2, 0.25) is 0 Å². The Hall–Kier alpha value is -2.82. The molecular formula is C14H16N6O4S. The van der Waals surface area contributed by atoms with E-state index in [0.717, 1.165) is 0 Å². The summed E-state index contributed by atoms with van der Waals surface area (Å²) in [6, 6.07) is 2.90. The van der Waals surface area contributed by atoms with Crippen molar-refractivity contribution in [1.82, 2.24) is 20.2 Å². The van der Waals surface area contributed by atoms with Crippen LogP contribution in [0.15, 0.2) is 22.2 Å². The van der Waals surface area contributed by atoms with Crippen molar-refractivity contribution in [3.05, 3.63) is 28.8 Å². The molecule has 0 bridgehead atoms. The van der Waals surface area contributed by atoms with E-state index in [-0.39, 0.29) is 23.0 Å². The molecule has 1 aliphatic rings. The lowest BCUT2D eigenvalue weighted by Gasteiger charge is -2.21. The first-order valence-corrected chi connectivity index (χ1v) is 9.01. The Morgan fingerprint density at radius 1 is 1.40 bits per heavy atom. The maximum Gasteiger partial charge on any atom is 0.258 e. The van der Waals surface area contributed by atoms with Crippen LogP contribution in [0.4, 0.5) is 5.95 Å². The van der Waals surface area contributed by atoms with Gasteiger partial charge in [0.1, 0.15) is 7.11 Å². The number of nitrogens with one attached hydrogen (secondary N) is 1. The van der Waals surface area contributed by atoms with Gasteiger partial charge in [0, 0.05) is 24.6 Å². The van der Waals surface area contributed by atoms with Gasteiger partial charge in [0.05, 0.1) is 16.4 Å². The van der Waals surface area contributed by atoms with Crippen LogP contribution in [0.1, 0.15) is 27.9 Å². The fraction of sp³-hybridized carbons (Fsp3) is 0.357. The topological polar surface area (TPSA) is 128 Å². The van der Waals surface area contributed by atoms with Gasteiger partial charge < -0.3 is 4.84 Å². The number of carbonyl (C=O) groups excluding carboxylic acids is 1. The van der Waals surface area contributed by atoms with Gasteiger partial charge in [0.25, 0.3) is 5.91 Å². The van der Waals surface area contributed by atoms with Crippen LogP contribution < -0.4 is 5.32 Å². The van der Waals surface area contributed by atoms with Crippen LogP contribution in [0, 0.1) is 6.92 Å². The second kappa shape index (κ2) is 6.24. The molecule has 2 heterocycles. The summed E-state index contributed by atoms with van der Waals surface area (Å²) in [5, 5.41) is 17.3. The van der Waals surface area contributed by atoms with Gasteiger partial charge in [-0.05, 0) is 35.0 Å². The van der Waals surface area contributed by atoms with Crippen molar-refractivity contribution in [2.24, 2.45) is 12.2 Å². The highest BCUT2D eigenvalue weighted by Crippen LogP contribution is 2.30. The third kappa shape index (κ3) is 2.97. The van der Waals surface area contributed by atoms with Gasteiger partial charge in [-0.3, -0.25) is 10.1 Å². The molecule has 0 saturated carbocycles. The summed E-state index contributed by atoms with van der Waals surface area (Å²) < 4.78 is 26.0. The van der Waals surface area contributed by atoms with Crippen molar-refractivity contribution in [3.63, 3.8) is 0 Å². The number of nitrogens with zero attached hydrogens (tertiary/aromatic N) is 5. The molecule has 0 unspecified atom stereocenters. The van der Waals surface area contributed by atoms with Crippen molar-refractivity contribution in [3.8, 4) is 0 Å². The largest absolute Gasteiger partial charge is 0.399 e. The van der Waals surface area contributed by atoms with Crippen molar-refractivity contribution < 1.29 is 18.0 Å². The number of sulfone groups is 1. The van der Waals surface area contributed by atoms with E-state index in [1.165, 1.54) is 23.9 Å². The van der Waals surface area contributed by atoms with Crippen LogP contribution >= 0.6 is 0 Å².